The highest BCUT2D eigenvalue weighted by molar-refractivity contribution is 6.04. The summed E-state index contributed by atoms with van der Waals surface area (Å²) in [5.41, 5.74) is 3.14. The van der Waals surface area contributed by atoms with Crippen molar-refractivity contribution in [3.05, 3.63) is 81.7 Å². The van der Waals surface area contributed by atoms with E-state index in [2.05, 4.69) is 33.4 Å². The van der Waals surface area contributed by atoms with Crippen LogP contribution in [0.5, 0.6) is 0 Å². The number of aromatic nitrogens is 5. The van der Waals surface area contributed by atoms with Gasteiger partial charge in [0.05, 0.1) is 11.6 Å². The SMILES string of the molecule is C[C@H]1CCCN(Cc2cc(C(=O)Nc3cc(-c4ccc(C#N)cc4-c4nncn4C(F)F)cc(C4CC4)n3)c(=O)n(C3CC3)c2)C1. The van der Waals surface area contributed by atoms with E-state index < -0.39 is 12.5 Å². The van der Waals surface area contributed by atoms with Gasteiger partial charge in [-0.2, -0.15) is 14.0 Å². The summed E-state index contributed by atoms with van der Waals surface area (Å²) in [6, 6.07) is 12.2. The minimum atomic E-state index is -2.88. The molecule has 2 aliphatic carbocycles. The number of amides is 1. The van der Waals surface area contributed by atoms with Crippen LogP contribution in [-0.4, -0.2) is 48.2 Å². The van der Waals surface area contributed by atoms with E-state index in [1.807, 2.05) is 12.3 Å². The summed E-state index contributed by atoms with van der Waals surface area (Å²) >= 11 is 0. The Balaban J connectivity index is 1.25. The highest BCUT2D eigenvalue weighted by Gasteiger charge is 2.30. The first-order valence-corrected chi connectivity index (χ1v) is 15.8. The predicted octanol–water partition coefficient (Wildman–Crippen LogP) is 6.13. The number of alkyl halides is 2. The third-order valence-corrected chi connectivity index (χ3v) is 9.00. The van der Waals surface area contributed by atoms with Crippen LogP contribution < -0.4 is 10.9 Å². The van der Waals surface area contributed by atoms with Crippen LogP contribution in [0.1, 0.15) is 91.1 Å². The molecule has 3 fully saturated rings. The summed E-state index contributed by atoms with van der Waals surface area (Å²) in [7, 11) is 0. The fraction of sp³-hybridized carbons (Fsp3) is 0.412. The lowest BCUT2D eigenvalue weighted by Crippen LogP contribution is -2.35. The fourth-order valence-corrected chi connectivity index (χ4v) is 6.39. The van der Waals surface area contributed by atoms with Crippen molar-refractivity contribution in [2.45, 2.75) is 70.5 Å². The topological polar surface area (TPSA) is 122 Å². The van der Waals surface area contributed by atoms with E-state index in [0.29, 0.717) is 33.7 Å². The Morgan fingerprint density at radius 2 is 1.93 bits per heavy atom. The Bertz CT molecular complexity index is 1900. The van der Waals surface area contributed by atoms with Crippen molar-refractivity contribution in [3.63, 3.8) is 0 Å². The standard InChI is InChI=1S/C34H34F2N8O2/c1-20-3-2-10-42(16-20)17-22-12-28(33(46)43(18-22)25-7-8-25)32(45)40-30-14-24(13-29(39-30)23-5-6-23)26-9-4-21(15-37)11-27(26)31-41-38-19-44(31)34(35)36/h4,9,11-14,18-20,23,25,34H,2-3,5-8,10,16-17H2,1H3,(H,39,40,45)/t20-/m0/s1. The number of halogens is 2. The van der Waals surface area contributed by atoms with Gasteiger partial charge < -0.3 is 9.88 Å². The molecular formula is C34H34F2N8O2. The molecule has 1 aromatic carbocycles. The second-order valence-electron chi connectivity index (χ2n) is 12.8. The molecule has 1 N–H and O–H groups in total. The average Bonchev–Trinajstić information content (AvgIpc) is 3.99. The van der Waals surface area contributed by atoms with Crippen LogP contribution in [0, 0.1) is 17.2 Å². The molecular weight excluding hydrogens is 590 g/mol. The Hall–Kier alpha value is -4.76. The van der Waals surface area contributed by atoms with Crippen molar-refractivity contribution in [2.24, 2.45) is 5.92 Å². The molecule has 0 spiro atoms. The number of anilines is 1. The number of carbonyl (C=O) groups excluding carboxylic acids is 1. The zero-order valence-corrected chi connectivity index (χ0v) is 25.5. The van der Waals surface area contributed by atoms with E-state index in [0.717, 1.165) is 62.8 Å². The second kappa shape index (κ2) is 12.2. The molecule has 12 heteroatoms. The minimum absolute atomic E-state index is 0.0683. The first-order valence-electron chi connectivity index (χ1n) is 15.8. The number of hydrogen-bond acceptors (Lipinski definition) is 7. The third kappa shape index (κ3) is 6.20. The van der Waals surface area contributed by atoms with Gasteiger partial charge in [-0.3, -0.25) is 19.1 Å². The predicted molar refractivity (Wildman–Crippen MR) is 167 cm³/mol. The van der Waals surface area contributed by atoms with Crippen LogP contribution in [0.25, 0.3) is 22.5 Å². The minimum Gasteiger partial charge on any atom is -0.311 e. The largest absolute Gasteiger partial charge is 0.321 e. The van der Waals surface area contributed by atoms with E-state index in [1.165, 1.54) is 12.5 Å². The number of carbonyl (C=O) groups is 1. The van der Waals surface area contributed by atoms with Crippen molar-refractivity contribution < 1.29 is 13.6 Å². The summed E-state index contributed by atoms with van der Waals surface area (Å²) < 4.78 is 30.0. The van der Waals surface area contributed by atoms with Crippen LogP contribution in [0.2, 0.25) is 0 Å². The number of pyridine rings is 2. The van der Waals surface area contributed by atoms with E-state index in [-0.39, 0.29) is 40.3 Å². The maximum atomic E-state index is 13.8. The Morgan fingerprint density at radius 1 is 1.11 bits per heavy atom. The van der Waals surface area contributed by atoms with Gasteiger partial charge in [-0.05, 0) is 98.0 Å². The third-order valence-electron chi connectivity index (χ3n) is 9.00. The van der Waals surface area contributed by atoms with Crippen molar-refractivity contribution in [2.75, 3.05) is 18.4 Å². The highest BCUT2D eigenvalue weighted by atomic mass is 19.3. The molecule has 1 saturated heterocycles. The number of nitrogens with zero attached hydrogens (tertiary/aromatic N) is 7. The molecule has 10 nitrogen and oxygen atoms in total. The van der Waals surface area contributed by atoms with Crippen molar-refractivity contribution in [1.29, 1.82) is 5.26 Å². The number of hydrogen-bond donors (Lipinski definition) is 1. The normalized spacial score (nSPS) is 18.5. The van der Waals surface area contributed by atoms with Gasteiger partial charge in [-0.25, -0.2) is 4.98 Å². The molecule has 1 aliphatic heterocycles. The summed E-state index contributed by atoms with van der Waals surface area (Å²) in [5, 5.41) is 20.1. The molecule has 7 rings (SSSR count). The van der Waals surface area contributed by atoms with Crippen LogP contribution in [0.4, 0.5) is 14.6 Å². The highest BCUT2D eigenvalue weighted by Crippen LogP contribution is 2.42. The van der Waals surface area contributed by atoms with E-state index in [4.69, 9.17) is 4.98 Å². The molecule has 2 saturated carbocycles. The molecule has 4 heterocycles. The Labute approximate surface area is 264 Å². The van der Waals surface area contributed by atoms with Gasteiger partial charge in [0.25, 0.3) is 11.5 Å². The zero-order valence-electron chi connectivity index (χ0n) is 25.5. The fourth-order valence-electron chi connectivity index (χ4n) is 6.39. The zero-order chi connectivity index (χ0) is 31.9. The summed E-state index contributed by atoms with van der Waals surface area (Å²) in [6.07, 6.45) is 8.88. The lowest BCUT2D eigenvalue weighted by molar-refractivity contribution is 0.0716. The Morgan fingerprint density at radius 3 is 2.65 bits per heavy atom. The molecule has 46 heavy (non-hydrogen) atoms. The Kier molecular flexibility index (Phi) is 7.94. The number of likely N-dealkylation sites (tertiary alicyclic amines) is 1. The number of benzene rings is 1. The molecule has 0 radical (unpaired) electrons. The maximum absolute atomic E-state index is 13.8. The number of nitrogens with one attached hydrogen (secondary N) is 1. The van der Waals surface area contributed by atoms with Gasteiger partial charge in [-0.15, -0.1) is 10.2 Å². The average molecular weight is 625 g/mol. The summed E-state index contributed by atoms with van der Waals surface area (Å²) in [6.45, 7) is 2.00. The lowest BCUT2D eigenvalue weighted by atomic mass is 9.96. The smallest absolute Gasteiger partial charge is 0.311 e. The molecule has 1 atom stereocenters. The summed E-state index contributed by atoms with van der Waals surface area (Å²) in [5.74, 6) is 0.426. The van der Waals surface area contributed by atoms with Gasteiger partial charge in [0.15, 0.2) is 5.82 Å². The lowest BCUT2D eigenvalue weighted by Gasteiger charge is -2.31. The first kappa shape index (κ1) is 29.9. The van der Waals surface area contributed by atoms with Gasteiger partial charge in [0.2, 0.25) is 0 Å². The number of nitriles is 1. The molecule has 3 aliphatic rings. The van der Waals surface area contributed by atoms with Crippen LogP contribution in [0.3, 0.4) is 0 Å². The van der Waals surface area contributed by atoms with Crippen LogP contribution >= 0.6 is 0 Å². The van der Waals surface area contributed by atoms with E-state index in [1.54, 1.807) is 28.8 Å². The first-order chi connectivity index (χ1) is 22.3. The van der Waals surface area contributed by atoms with Crippen LogP contribution in [-0.2, 0) is 6.54 Å². The molecule has 1 amide bonds. The van der Waals surface area contributed by atoms with Crippen molar-refractivity contribution in [3.8, 4) is 28.6 Å². The molecule has 236 valence electrons. The van der Waals surface area contributed by atoms with E-state index >= 15 is 0 Å². The molecule has 0 unspecified atom stereocenters. The molecule has 0 bridgehead atoms. The number of rotatable bonds is 9. The van der Waals surface area contributed by atoms with Gasteiger partial charge in [-0.1, -0.05) is 13.0 Å². The van der Waals surface area contributed by atoms with Gasteiger partial charge in [0.1, 0.15) is 17.7 Å². The molecule has 3 aromatic heterocycles. The van der Waals surface area contributed by atoms with E-state index in [9.17, 15) is 23.6 Å². The summed E-state index contributed by atoms with van der Waals surface area (Å²) in [4.78, 5) is 34.5. The maximum Gasteiger partial charge on any atom is 0.321 e. The number of piperidine rings is 1. The monoisotopic (exact) mass is 624 g/mol. The second-order valence-corrected chi connectivity index (χ2v) is 12.8. The van der Waals surface area contributed by atoms with Gasteiger partial charge in [0, 0.05) is 42.5 Å². The quantitative estimate of drug-likeness (QED) is 0.238. The van der Waals surface area contributed by atoms with Crippen molar-refractivity contribution in [1.82, 2.24) is 29.2 Å². The van der Waals surface area contributed by atoms with Gasteiger partial charge >= 0.3 is 6.55 Å². The molecule has 4 aromatic rings. The van der Waals surface area contributed by atoms with Crippen LogP contribution in [0.15, 0.2) is 53.7 Å². The van der Waals surface area contributed by atoms with Crippen molar-refractivity contribution >= 4 is 11.7 Å².